The Morgan fingerprint density at radius 3 is 3.05 bits per heavy atom. The highest BCUT2D eigenvalue weighted by Crippen LogP contribution is 2.45. The number of nitrogens with one attached hydrogen (secondary N) is 1. The highest BCUT2D eigenvalue weighted by atomic mass is 32.1. The van der Waals surface area contributed by atoms with Crippen LogP contribution in [0.2, 0.25) is 0 Å². The van der Waals surface area contributed by atoms with Gasteiger partial charge in [-0.15, -0.1) is 11.3 Å². The van der Waals surface area contributed by atoms with Crippen LogP contribution in [0.4, 0.5) is 0 Å². The van der Waals surface area contributed by atoms with Crippen LogP contribution < -0.4 is 5.32 Å². The molecule has 0 radical (unpaired) electrons. The van der Waals surface area contributed by atoms with E-state index in [1.807, 2.05) is 6.20 Å². The molecule has 1 N–H and O–H groups in total. The topological polar surface area (TPSA) is 29.9 Å². The third kappa shape index (κ3) is 2.31. The number of nitrogens with zero attached hydrogens (tertiary/aromatic N) is 2. The van der Waals surface area contributed by atoms with E-state index in [0.29, 0.717) is 17.5 Å². The summed E-state index contributed by atoms with van der Waals surface area (Å²) in [5, 5.41) is 5.82. The first-order chi connectivity index (χ1) is 9.63. The molecule has 20 heavy (non-hydrogen) atoms. The minimum atomic E-state index is 0.345. The van der Waals surface area contributed by atoms with Crippen molar-refractivity contribution in [1.29, 1.82) is 0 Å². The maximum atomic E-state index is 4.59. The molecular weight excluding hydrogens is 266 g/mol. The molecule has 4 heteroatoms. The van der Waals surface area contributed by atoms with Crippen LogP contribution in [0.1, 0.15) is 39.7 Å². The monoisotopic (exact) mass is 289 g/mol. The fourth-order valence-electron chi connectivity index (χ4n) is 3.47. The highest BCUT2D eigenvalue weighted by Gasteiger charge is 2.42. The molecule has 2 aromatic rings. The van der Waals surface area contributed by atoms with Gasteiger partial charge in [0.2, 0.25) is 0 Å². The lowest BCUT2D eigenvalue weighted by Gasteiger charge is -2.32. The van der Waals surface area contributed by atoms with Gasteiger partial charge in [-0.2, -0.15) is 0 Å². The average Bonchev–Trinajstić information content (AvgIpc) is 3.10. The van der Waals surface area contributed by atoms with Gasteiger partial charge in [-0.05, 0) is 36.2 Å². The van der Waals surface area contributed by atoms with E-state index in [2.05, 4.69) is 59.3 Å². The first kappa shape index (κ1) is 13.8. The lowest BCUT2D eigenvalue weighted by molar-refractivity contribution is 0.253. The van der Waals surface area contributed by atoms with Crippen molar-refractivity contribution in [3.8, 4) is 10.7 Å². The molecule has 0 saturated heterocycles. The van der Waals surface area contributed by atoms with E-state index >= 15 is 0 Å². The maximum Gasteiger partial charge on any atom is 0.150 e. The molecule has 2 unspecified atom stereocenters. The van der Waals surface area contributed by atoms with Crippen LogP contribution in [0.15, 0.2) is 29.9 Å². The van der Waals surface area contributed by atoms with Gasteiger partial charge in [-0.3, -0.25) is 0 Å². The summed E-state index contributed by atoms with van der Waals surface area (Å²) in [6, 6.07) is 5.27. The molecule has 0 aromatic carbocycles. The normalized spacial score (nSPS) is 25.1. The van der Waals surface area contributed by atoms with Gasteiger partial charge in [0.15, 0.2) is 0 Å². The molecule has 0 aliphatic heterocycles. The standard InChI is InChI=1S/C16H23N3S/c1-4-17-14-12(7-8-16(14,2)3)19-10-9-18-15(19)13-6-5-11-20-13/h5-6,9-12,14,17H,4,7-8H2,1-3H3. The van der Waals surface area contributed by atoms with E-state index in [0.717, 1.165) is 12.4 Å². The number of aromatic nitrogens is 2. The molecule has 1 fully saturated rings. The van der Waals surface area contributed by atoms with Crippen molar-refractivity contribution in [2.24, 2.45) is 5.41 Å². The number of rotatable bonds is 4. The minimum Gasteiger partial charge on any atom is -0.326 e. The van der Waals surface area contributed by atoms with E-state index in [9.17, 15) is 0 Å². The average molecular weight is 289 g/mol. The second kappa shape index (κ2) is 5.34. The lowest BCUT2D eigenvalue weighted by atomic mass is 9.86. The molecular formula is C16H23N3S. The first-order valence-corrected chi connectivity index (χ1v) is 8.31. The van der Waals surface area contributed by atoms with Gasteiger partial charge >= 0.3 is 0 Å². The zero-order valence-electron chi connectivity index (χ0n) is 12.5. The van der Waals surface area contributed by atoms with E-state index in [-0.39, 0.29) is 0 Å². The van der Waals surface area contributed by atoms with Crippen molar-refractivity contribution < 1.29 is 0 Å². The van der Waals surface area contributed by atoms with Gasteiger partial charge in [-0.1, -0.05) is 26.8 Å². The van der Waals surface area contributed by atoms with Crippen molar-refractivity contribution >= 4 is 11.3 Å². The number of thiophene rings is 1. The summed E-state index contributed by atoms with van der Waals surface area (Å²) in [7, 11) is 0. The Morgan fingerprint density at radius 1 is 1.50 bits per heavy atom. The Labute approximate surface area is 125 Å². The van der Waals surface area contributed by atoms with Crippen molar-refractivity contribution in [2.75, 3.05) is 6.54 Å². The molecule has 1 aliphatic carbocycles. The summed E-state index contributed by atoms with van der Waals surface area (Å²) in [4.78, 5) is 5.85. The van der Waals surface area contributed by atoms with Gasteiger partial charge in [-0.25, -0.2) is 4.98 Å². The van der Waals surface area contributed by atoms with Crippen molar-refractivity contribution in [2.45, 2.75) is 45.7 Å². The second-order valence-electron chi connectivity index (χ2n) is 6.27. The minimum absolute atomic E-state index is 0.345. The summed E-state index contributed by atoms with van der Waals surface area (Å²) in [5.41, 5.74) is 0.345. The number of likely N-dealkylation sites (N-methyl/N-ethyl adjacent to an activating group) is 1. The molecule has 108 valence electrons. The van der Waals surface area contributed by atoms with Crippen molar-refractivity contribution in [1.82, 2.24) is 14.9 Å². The molecule has 3 rings (SSSR count). The van der Waals surface area contributed by atoms with Gasteiger partial charge < -0.3 is 9.88 Å². The molecule has 0 spiro atoms. The van der Waals surface area contributed by atoms with Crippen LogP contribution in [0.5, 0.6) is 0 Å². The van der Waals surface area contributed by atoms with E-state index in [1.54, 1.807) is 11.3 Å². The molecule has 0 bridgehead atoms. The van der Waals surface area contributed by atoms with Crippen LogP contribution in [-0.2, 0) is 0 Å². The van der Waals surface area contributed by atoms with Crippen LogP contribution in [0.25, 0.3) is 10.7 Å². The number of imidazole rings is 1. The zero-order chi connectivity index (χ0) is 14.2. The highest BCUT2D eigenvalue weighted by molar-refractivity contribution is 7.13. The Kier molecular flexibility index (Phi) is 3.69. The summed E-state index contributed by atoms with van der Waals surface area (Å²) < 4.78 is 2.38. The third-order valence-corrected chi connectivity index (χ3v) is 5.37. The quantitative estimate of drug-likeness (QED) is 0.923. The Hall–Kier alpha value is -1.13. The number of hydrogen-bond donors (Lipinski definition) is 1. The molecule has 1 aliphatic rings. The van der Waals surface area contributed by atoms with Crippen LogP contribution >= 0.6 is 11.3 Å². The first-order valence-electron chi connectivity index (χ1n) is 7.43. The van der Waals surface area contributed by atoms with Gasteiger partial charge in [0, 0.05) is 18.4 Å². The Balaban J connectivity index is 1.95. The van der Waals surface area contributed by atoms with Gasteiger partial charge in [0.05, 0.1) is 10.9 Å². The summed E-state index contributed by atoms with van der Waals surface area (Å²) in [6.45, 7) is 7.97. The SMILES string of the molecule is CCNC1C(n2ccnc2-c2cccs2)CCC1(C)C. The van der Waals surface area contributed by atoms with Crippen LogP contribution in [0, 0.1) is 5.41 Å². The molecule has 2 atom stereocenters. The smallest absolute Gasteiger partial charge is 0.150 e. The lowest BCUT2D eigenvalue weighted by Crippen LogP contribution is -2.42. The summed E-state index contributed by atoms with van der Waals surface area (Å²) in [6.07, 6.45) is 6.56. The fourth-order valence-corrected chi connectivity index (χ4v) is 4.20. The van der Waals surface area contributed by atoms with E-state index in [1.165, 1.54) is 17.7 Å². The fraction of sp³-hybridized carbons (Fsp3) is 0.562. The third-order valence-electron chi connectivity index (χ3n) is 4.50. The van der Waals surface area contributed by atoms with Crippen molar-refractivity contribution in [3.05, 3.63) is 29.9 Å². The maximum absolute atomic E-state index is 4.59. The predicted octanol–water partition coefficient (Wildman–Crippen LogP) is 3.95. The van der Waals surface area contributed by atoms with Crippen LogP contribution in [0.3, 0.4) is 0 Å². The molecule has 2 heterocycles. The molecule has 3 nitrogen and oxygen atoms in total. The van der Waals surface area contributed by atoms with Crippen LogP contribution in [-0.4, -0.2) is 22.1 Å². The summed E-state index contributed by atoms with van der Waals surface area (Å²) >= 11 is 1.76. The number of hydrogen-bond acceptors (Lipinski definition) is 3. The van der Waals surface area contributed by atoms with E-state index in [4.69, 9.17) is 0 Å². The van der Waals surface area contributed by atoms with Gasteiger partial charge in [0.25, 0.3) is 0 Å². The largest absolute Gasteiger partial charge is 0.326 e. The molecule has 1 saturated carbocycles. The van der Waals surface area contributed by atoms with Crippen molar-refractivity contribution in [3.63, 3.8) is 0 Å². The van der Waals surface area contributed by atoms with E-state index < -0.39 is 0 Å². The second-order valence-corrected chi connectivity index (χ2v) is 7.21. The van der Waals surface area contributed by atoms with Gasteiger partial charge in [0.1, 0.15) is 5.82 Å². The zero-order valence-corrected chi connectivity index (χ0v) is 13.3. The Bertz CT molecular complexity index is 556. The molecule has 2 aromatic heterocycles. The molecule has 0 amide bonds. The summed E-state index contributed by atoms with van der Waals surface area (Å²) in [5.74, 6) is 1.12. The Morgan fingerprint density at radius 2 is 2.35 bits per heavy atom. The predicted molar refractivity (Wildman–Crippen MR) is 85.1 cm³/mol.